The van der Waals surface area contributed by atoms with Gasteiger partial charge in [0.05, 0.1) is 6.04 Å². The average Bonchev–Trinajstić information content (AvgIpc) is 2.92. The minimum absolute atomic E-state index is 0.246. The summed E-state index contributed by atoms with van der Waals surface area (Å²) < 4.78 is 0. The van der Waals surface area contributed by atoms with Crippen molar-refractivity contribution in [2.45, 2.75) is 45.7 Å². The lowest BCUT2D eigenvalue weighted by Gasteiger charge is -2.22. The molecule has 0 aliphatic carbocycles. The van der Waals surface area contributed by atoms with Crippen LogP contribution < -0.4 is 10.6 Å². The molecule has 31 heavy (non-hydrogen) atoms. The summed E-state index contributed by atoms with van der Waals surface area (Å²) in [6.07, 6.45) is 1.000. The van der Waals surface area contributed by atoms with Gasteiger partial charge in [-0.25, -0.2) is 4.79 Å². The zero-order chi connectivity index (χ0) is 22.8. The molecule has 0 aromatic heterocycles. The van der Waals surface area contributed by atoms with Crippen molar-refractivity contribution in [3.8, 4) is 0 Å². The van der Waals surface area contributed by atoms with E-state index in [0.717, 1.165) is 16.9 Å². The van der Waals surface area contributed by atoms with Gasteiger partial charge in [-0.15, -0.1) is 0 Å². The van der Waals surface area contributed by atoms with Crippen LogP contribution in [0.25, 0.3) is 0 Å². The van der Waals surface area contributed by atoms with E-state index in [9.17, 15) is 14.4 Å². The quantitative estimate of drug-likeness (QED) is 0.632. The van der Waals surface area contributed by atoms with Gasteiger partial charge < -0.3 is 10.6 Å². The van der Waals surface area contributed by atoms with Gasteiger partial charge in [-0.3, -0.25) is 14.5 Å². The Morgan fingerprint density at radius 1 is 1.06 bits per heavy atom. The lowest BCUT2D eigenvalue weighted by molar-refractivity contribution is -0.135. The Morgan fingerprint density at radius 2 is 1.68 bits per heavy atom. The maximum absolute atomic E-state index is 13.0. The molecule has 1 fully saturated rings. The van der Waals surface area contributed by atoms with Crippen LogP contribution >= 0.6 is 11.6 Å². The molecule has 1 aliphatic heterocycles. The van der Waals surface area contributed by atoms with Crippen LogP contribution in [0.4, 0.5) is 4.79 Å². The molecule has 0 bridgehead atoms. The van der Waals surface area contributed by atoms with Crippen LogP contribution in [-0.2, 0) is 21.5 Å². The number of imide groups is 1. The van der Waals surface area contributed by atoms with E-state index >= 15 is 0 Å². The number of hydrogen-bond acceptors (Lipinski definition) is 3. The summed E-state index contributed by atoms with van der Waals surface area (Å²) in [5.74, 6) is -0.297. The van der Waals surface area contributed by atoms with Crippen molar-refractivity contribution >= 4 is 29.4 Å². The molecule has 2 aromatic rings. The summed E-state index contributed by atoms with van der Waals surface area (Å²) in [4.78, 5) is 38.9. The Morgan fingerprint density at radius 3 is 2.26 bits per heavy atom. The van der Waals surface area contributed by atoms with Crippen LogP contribution in [0.2, 0.25) is 5.02 Å². The molecule has 7 heteroatoms. The molecule has 1 aliphatic rings. The van der Waals surface area contributed by atoms with Crippen molar-refractivity contribution in [2.24, 2.45) is 5.92 Å². The maximum atomic E-state index is 13.0. The minimum atomic E-state index is -1.24. The van der Waals surface area contributed by atoms with Crippen molar-refractivity contribution in [3.63, 3.8) is 0 Å². The van der Waals surface area contributed by atoms with Crippen molar-refractivity contribution in [2.75, 3.05) is 6.54 Å². The fourth-order valence-electron chi connectivity index (χ4n) is 3.75. The van der Waals surface area contributed by atoms with E-state index in [4.69, 9.17) is 11.6 Å². The Labute approximate surface area is 188 Å². The molecule has 1 heterocycles. The first-order valence-corrected chi connectivity index (χ1v) is 10.8. The number of nitrogens with one attached hydrogen (secondary N) is 2. The highest BCUT2D eigenvalue weighted by Gasteiger charge is 2.49. The minimum Gasteiger partial charge on any atom is -0.348 e. The van der Waals surface area contributed by atoms with E-state index in [2.05, 4.69) is 36.6 Å². The largest absolute Gasteiger partial charge is 0.348 e. The van der Waals surface area contributed by atoms with Gasteiger partial charge in [0.25, 0.3) is 5.91 Å². The number of halogens is 1. The van der Waals surface area contributed by atoms with Crippen LogP contribution in [0.3, 0.4) is 0 Å². The molecule has 3 rings (SSSR count). The summed E-state index contributed by atoms with van der Waals surface area (Å²) in [6, 6.07) is 14.0. The zero-order valence-electron chi connectivity index (χ0n) is 18.2. The van der Waals surface area contributed by atoms with Crippen LogP contribution in [-0.4, -0.2) is 29.3 Å². The van der Waals surface area contributed by atoms with E-state index in [-0.39, 0.29) is 12.6 Å². The number of carbonyl (C=O) groups is 3. The summed E-state index contributed by atoms with van der Waals surface area (Å²) in [6.45, 7) is 7.49. The normalized spacial score (nSPS) is 19.5. The van der Waals surface area contributed by atoms with Gasteiger partial charge in [-0.1, -0.05) is 61.8 Å². The first-order chi connectivity index (χ1) is 14.6. The van der Waals surface area contributed by atoms with Crippen molar-refractivity contribution in [1.82, 2.24) is 15.5 Å². The summed E-state index contributed by atoms with van der Waals surface area (Å²) in [7, 11) is 0. The van der Waals surface area contributed by atoms with Crippen LogP contribution in [0, 0.1) is 5.92 Å². The van der Waals surface area contributed by atoms with Gasteiger partial charge in [0.2, 0.25) is 5.91 Å². The van der Waals surface area contributed by atoms with Crippen LogP contribution in [0.5, 0.6) is 0 Å². The van der Waals surface area contributed by atoms with E-state index in [1.807, 2.05) is 19.1 Å². The first-order valence-electron chi connectivity index (χ1n) is 10.4. The van der Waals surface area contributed by atoms with Crippen LogP contribution in [0.1, 0.15) is 50.4 Å². The molecule has 0 saturated carbocycles. The fraction of sp³-hybridized carbons (Fsp3) is 0.375. The number of carbonyl (C=O) groups excluding carboxylic acids is 3. The summed E-state index contributed by atoms with van der Waals surface area (Å²) in [5, 5.41) is 6.09. The molecule has 2 aromatic carbocycles. The average molecular weight is 442 g/mol. The third-order valence-corrected chi connectivity index (χ3v) is 5.75. The molecule has 2 N–H and O–H groups in total. The predicted octanol–water partition coefficient (Wildman–Crippen LogP) is 4.18. The molecular formula is C24H28ClN3O3. The SMILES string of the molecule is CC(C)Cc1ccc([C@H](C)NC(=O)CN2C(=O)N[C@@](C)(c3ccc(Cl)cc3)C2=O)cc1. The lowest BCUT2D eigenvalue weighted by atomic mass is 9.92. The van der Waals surface area contributed by atoms with Crippen molar-refractivity contribution < 1.29 is 14.4 Å². The fourth-order valence-corrected chi connectivity index (χ4v) is 3.87. The Hall–Kier alpha value is -2.86. The van der Waals surface area contributed by atoms with Gasteiger partial charge >= 0.3 is 6.03 Å². The number of hydrogen-bond donors (Lipinski definition) is 2. The highest BCUT2D eigenvalue weighted by atomic mass is 35.5. The second-order valence-electron chi connectivity index (χ2n) is 8.58. The van der Waals surface area contributed by atoms with E-state index in [1.54, 1.807) is 31.2 Å². The van der Waals surface area contributed by atoms with E-state index in [1.165, 1.54) is 5.56 Å². The Kier molecular flexibility index (Phi) is 6.70. The molecule has 0 unspecified atom stereocenters. The zero-order valence-corrected chi connectivity index (χ0v) is 19.0. The third-order valence-electron chi connectivity index (χ3n) is 5.50. The van der Waals surface area contributed by atoms with Gasteiger partial charge in [-0.2, -0.15) is 0 Å². The monoisotopic (exact) mass is 441 g/mol. The number of rotatable bonds is 7. The van der Waals surface area contributed by atoms with Gasteiger partial charge in [0, 0.05) is 5.02 Å². The van der Waals surface area contributed by atoms with E-state index in [0.29, 0.717) is 16.5 Å². The second-order valence-corrected chi connectivity index (χ2v) is 9.02. The van der Waals surface area contributed by atoms with Gasteiger partial charge in [0.15, 0.2) is 0 Å². The summed E-state index contributed by atoms with van der Waals surface area (Å²) >= 11 is 5.92. The molecule has 6 nitrogen and oxygen atoms in total. The topological polar surface area (TPSA) is 78.5 Å². The maximum Gasteiger partial charge on any atom is 0.325 e. The van der Waals surface area contributed by atoms with Gasteiger partial charge in [-0.05, 0) is 55.0 Å². The molecular weight excluding hydrogens is 414 g/mol. The highest BCUT2D eigenvalue weighted by molar-refractivity contribution is 6.30. The Balaban J connectivity index is 1.64. The second kappa shape index (κ2) is 9.10. The Bertz CT molecular complexity index is 973. The van der Waals surface area contributed by atoms with Crippen molar-refractivity contribution in [3.05, 3.63) is 70.2 Å². The van der Waals surface area contributed by atoms with E-state index < -0.39 is 23.4 Å². The number of amides is 4. The lowest BCUT2D eigenvalue weighted by Crippen LogP contribution is -2.43. The standard InChI is InChI=1S/C24H28ClN3O3/c1-15(2)13-17-5-7-18(8-6-17)16(3)26-21(29)14-28-22(30)24(4,27-23(28)31)19-9-11-20(25)12-10-19/h5-12,15-16H,13-14H2,1-4H3,(H,26,29)(H,27,31)/t16-,24-/m0/s1. The smallest absolute Gasteiger partial charge is 0.325 e. The third kappa shape index (κ3) is 5.07. The van der Waals surface area contributed by atoms with Gasteiger partial charge in [0.1, 0.15) is 12.1 Å². The van der Waals surface area contributed by atoms with Crippen molar-refractivity contribution in [1.29, 1.82) is 0 Å². The molecule has 1 saturated heterocycles. The highest BCUT2D eigenvalue weighted by Crippen LogP contribution is 2.29. The number of nitrogens with zero attached hydrogens (tertiary/aromatic N) is 1. The molecule has 2 atom stereocenters. The number of benzene rings is 2. The summed E-state index contributed by atoms with van der Waals surface area (Å²) in [5.41, 5.74) is 1.58. The first kappa shape index (κ1) is 22.8. The molecule has 164 valence electrons. The van der Waals surface area contributed by atoms with Crippen LogP contribution in [0.15, 0.2) is 48.5 Å². The number of urea groups is 1. The molecule has 4 amide bonds. The molecule has 0 radical (unpaired) electrons. The molecule has 0 spiro atoms. The predicted molar refractivity (Wildman–Crippen MR) is 121 cm³/mol.